The number of anilines is 1. The lowest BCUT2D eigenvalue weighted by atomic mass is 10.1. The Morgan fingerprint density at radius 3 is 2.63 bits per heavy atom. The number of hydrogen-bond acceptors (Lipinski definition) is 2. The van der Waals surface area contributed by atoms with Crippen LogP contribution < -0.4 is 5.32 Å². The second-order valence-electron chi connectivity index (χ2n) is 3.94. The van der Waals surface area contributed by atoms with E-state index >= 15 is 0 Å². The molecule has 0 bridgehead atoms. The molecule has 0 aliphatic rings. The van der Waals surface area contributed by atoms with Gasteiger partial charge >= 0.3 is 12.1 Å². The molecule has 19 heavy (non-hydrogen) atoms. The lowest BCUT2D eigenvalue weighted by molar-refractivity contribution is -0.167. The Hall–Kier alpha value is -2.31. The molecule has 100 valence electrons. The normalized spacial score (nSPS) is 11.4. The van der Waals surface area contributed by atoms with E-state index in [1.165, 1.54) is 12.1 Å². The highest BCUT2D eigenvalue weighted by atomic mass is 19.4. The van der Waals surface area contributed by atoms with Crippen LogP contribution >= 0.6 is 0 Å². The highest BCUT2D eigenvalue weighted by Crippen LogP contribution is 2.23. The van der Waals surface area contributed by atoms with Crippen molar-refractivity contribution < 1.29 is 18.0 Å². The van der Waals surface area contributed by atoms with Gasteiger partial charge in [-0.15, -0.1) is 0 Å². The molecule has 0 unspecified atom stereocenters. The minimum Gasteiger partial charge on any atom is -0.318 e. The molecule has 0 spiro atoms. The van der Waals surface area contributed by atoms with Crippen LogP contribution in [0.1, 0.15) is 0 Å². The van der Waals surface area contributed by atoms with Gasteiger partial charge < -0.3 is 5.32 Å². The summed E-state index contributed by atoms with van der Waals surface area (Å²) in [5, 5.41) is 5.78. The molecule has 0 fully saturated rings. The molecule has 1 N–H and O–H groups in total. The van der Waals surface area contributed by atoms with Crippen LogP contribution in [0.2, 0.25) is 0 Å². The second-order valence-corrected chi connectivity index (χ2v) is 3.94. The molecule has 0 saturated carbocycles. The van der Waals surface area contributed by atoms with E-state index in [0.29, 0.717) is 5.56 Å². The molecule has 7 heteroatoms. The number of halogens is 3. The van der Waals surface area contributed by atoms with Crippen LogP contribution in [-0.4, -0.2) is 21.9 Å². The zero-order chi connectivity index (χ0) is 14.0. The topological polar surface area (TPSA) is 46.9 Å². The number of benzene rings is 1. The quantitative estimate of drug-likeness (QED) is 0.910. The summed E-state index contributed by atoms with van der Waals surface area (Å²) >= 11 is 0. The van der Waals surface area contributed by atoms with Crippen LogP contribution in [-0.2, 0) is 11.8 Å². The summed E-state index contributed by atoms with van der Waals surface area (Å²) in [7, 11) is 1.73. The van der Waals surface area contributed by atoms with Crippen molar-refractivity contribution in [1.29, 1.82) is 0 Å². The fourth-order valence-electron chi connectivity index (χ4n) is 1.55. The molecule has 0 aliphatic heterocycles. The third kappa shape index (κ3) is 3.12. The average Bonchev–Trinajstić information content (AvgIpc) is 2.75. The summed E-state index contributed by atoms with van der Waals surface area (Å²) in [5.41, 5.74) is 1.52. The van der Waals surface area contributed by atoms with Crippen molar-refractivity contribution >= 4 is 11.6 Å². The zero-order valence-corrected chi connectivity index (χ0v) is 9.90. The standard InChI is InChI=1S/C12H10F3N3O/c1-18-7-9(6-16-18)8-3-2-4-10(5-8)17-11(19)12(13,14)15/h2-7H,1H3,(H,17,19). The van der Waals surface area contributed by atoms with Crippen LogP contribution in [0.25, 0.3) is 11.1 Å². The molecule has 1 aromatic heterocycles. The van der Waals surface area contributed by atoms with Gasteiger partial charge in [-0.05, 0) is 17.7 Å². The maximum Gasteiger partial charge on any atom is 0.471 e. The van der Waals surface area contributed by atoms with Gasteiger partial charge in [0.25, 0.3) is 0 Å². The maximum atomic E-state index is 12.1. The van der Waals surface area contributed by atoms with E-state index in [0.717, 1.165) is 5.56 Å². The summed E-state index contributed by atoms with van der Waals surface area (Å²) in [6.45, 7) is 0. The van der Waals surface area contributed by atoms with Crippen LogP contribution in [0.15, 0.2) is 36.7 Å². The molecule has 2 rings (SSSR count). The van der Waals surface area contributed by atoms with E-state index in [-0.39, 0.29) is 5.69 Å². The van der Waals surface area contributed by atoms with Crippen LogP contribution in [0.4, 0.5) is 18.9 Å². The molecule has 0 radical (unpaired) electrons. The third-order valence-corrected chi connectivity index (χ3v) is 2.42. The van der Waals surface area contributed by atoms with E-state index < -0.39 is 12.1 Å². The minimum absolute atomic E-state index is 0.0867. The fourth-order valence-corrected chi connectivity index (χ4v) is 1.55. The van der Waals surface area contributed by atoms with E-state index in [1.807, 2.05) is 5.32 Å². The summed E-state index contributed by atoms with van der Waals surface area (Å²) < 4.78 is 38.0. The molecule has 0 saturated heterocycles. The number of alkyl halides is 3. The number of nitrogens with one attached hydrogen (secondary N) is 1. The van der Waals surface area contributed by atoms with E-state index in [1.54, 1.807) is 36.3 Å². The van der Waals surface area contributed by atoms with E-state index in [4.69, 9.17) is 0 Å². The molecular weight excluding hydrogens is 259 g/mol. The third-order valence-electron chi connectivity index (χ3n) is 2.42. The van der Waals surface area contributed by atoms with Gasteiger partial charge in [-0.3, -0.25) is 9.48 Å². The van der Waals surface area contributed by atoms with Crippen LogP contribution in [0.5, 0.6) is 0 Å². The van der Waals surface area contributed by atoms with E-state index in [2.05, 4.69) is 5.10 Å². The smallest absolute Gasteiger partial charge is 0.318 e. The van der Waals surface area contributed by atoms with Crippen molar-refractivity contribution in [3.8, 4) is 11.1 Å². The zero-order valence-electron chi connectivity index (χ0n) is 9.90. The molecule has 0 atom stereocenters. The summed E-state index contributed by atoms with van der Waals surface area (Å²) in [6.07, 6.45) is -1.58. The first kappa shape index (κ1) is 13.1. The Morgan fingerprint density at radius 2 is 2.05 bits per heavy atom. The Balaban J connectivity index is 2.23. The minimum atomic E-state index is -4.90. The Morgan fingerprint density at radius 1 is 1.32 bits per heavy atom. The number of aromatic nitrogens is 2. The molecule has 2 aromatic rings. The fraction of sp³-hybridized carbons (Fsp3) is 0.167. The number of amides is 1. The molecule has 1 amide bonds. The first-order valence-corrected chi connectivity index (χ1v) is 5.33. The van der Waals surface area contributed by atoms with Crippen molar-refractivity contribution in [2.45, 2.75) is 6.18 Å². The predicted octanol–water partition coefficient (Wildman–Crippen LogP) is 2.59. The van der Waals surface area contributed by atoms with E-state index in [9.17, 15) is 18.0 Å². The molecule has 4 nitrogen and oxygen atoms in total. The van der Waals surface area contributed by atoms with Gasteiger partial charge in [0.15, 0.2) is 0 Å². The molecule has 0 aliphatic carbocycles. The van der Waals surface area contributed by atoms with Gasteiger partial charge in [-0.25, -0.2) is 0 Å². The molecular formula is C12H10F3N3O. The highest BCUT2D eigenvalue weighted by Gasteiger charge is 2.38. The monoisotopic (exact) mass is 269 g/mol. The average molecular weight is 269 g/mol. The number of carbonyl (C=O) groups is 1. The number of rotatable bonds is 2. The highest BCUT2D eigenvalue weighted by molar-refractivity contribution is 5.95. The van der Waals surface area contributed by atoms with Gasteiger partial charge in [0.2, 0.25) is 0 Å². The lowest BCUT2D eigenvalue weighted by Crippen LogP contribution is -2.29. The van der Waals surface area contributed by atoms with Gasteiger partial charge in [0, 0.05) is 24.5 Å². The summed E-state index contributed by atoms with van der Waals surface area (Å²) in [6, 6.07) is 6.14. The summed E-state index contributed by atoms with van der Waals surface area (Å²) in [4.78, 5) is 10.8. The Bertz CT molecular complexity index is 604. The molecule has 1 heterocycles. The number of nitrogens with zero attached hydrogens (tertiary/aromatic N) is 2. The predicted molar refractivity (Wildman–Crippen MR) is 63.3 cm³/mol. The van der Waals surface area contributed by atoms with Crippen molar-refractivity contribution in [1.82, 2.24) is 9.78 Å². The summed E-state index contributed by atoms with van der Waals surface area (Å²) in [5.74, 6) is -1.99. The lowest BCUT2D eigenvalue weighted by Gasteiger charge is -2.08. The van der Waals surface area contributed by atoms with Gasteiger partial charge in [0.05, 0.1) is 6.20 Å². The van der Waals surface area contributed by atoms with Gasteiger partial charge in [-0.1, -0.05) is 12.1 Å². The van der Waals surface area contributed by atoms with Crippen LogP contribution in [0, 0.1) is 0 Å². The van der Waals surface area contributed by atoms with Crippen molar-refractivity contribution in [3.05, 3.63) is 36.7 Å². The number of hydrogen-bond donors (Lipinski definition) is 1. The maximum absolute atomic E-state index is 12.1. The first-order valence-electron chi connectivity index (χ1n) is 5.33. The van der Waals surface area contributed by atoms with Gasteiger partial charge in [0.1, 0.15) is 0 Å². The first-order chi connectivity index (χ1) is 8.86. The Labute approximate surface area is 106 Å². The van der Waals surface area contributed by atoms with Crippen molar-refractivity contribution in [3.63, 3.8) is 0 Å². The Kier molecular flexibility index (Phi) is 3.28. The molecule has 1 aromatic carbocycles. The van der Waals surface area contributed by atoms with Gasteiger partial charge in [-0.2, -0.15) is 18.3 Å². The van der Waals surface area contributed by atoms with Crippen molar-refractivity contribution in [2.75, 3.05) is 5.32 Å². The number of carbonyl (C=O) groups excluding carboxylic acids is 1. The number of aryl methyl sites for hydroxylation is 1. The van der Waals surface area contributed by atoms with Crippen LogP contribution in [0.3, 0.4) is 0 Å². The SMILES string of the molecule is Cn1cc(-c2cccc(NC(=O)C(F)(F)F)c2)cn1. The second kappa shape index (κ2) is 4.75. The van der Waals surface area contributed by atoms with Crippen molar-refractivity contribution in [2.24, 2.45) is 7.05 Å². The largest absolute Gasteiger partial charge is 0.471 e.